The minimum Gasteiger partial charge on any atom is -0.445 e. The molecule has 7 nitrogen and oxygen atoms in total. The van der Waals surface area contributed by atoms with Crippen LogP contribution in [0.4, 0.5) is 4.79 Å². The topological polar surface area (TPSA) is 96.1 Å². The quantitative estimate of drug-likeness (QED) is 0.239. The summed E-state index contributed by atoms with van der Waals surface area (Å²) < 4.78 is 5.60. The summed E-state index contributed by atoms with van der Waals surface area (Å²) >= 11 is 0. The molecule has 2 aromatic carbocycles. The number of H-pyrrole nitrogens is 1. The molecule has 0 spiro atoms. The van der Waals surface area contributed by atoms with E-state index in [9.17, 15) is 9.59 Å². The Balaban J connectivity index is 1.36. The van der Waals surface area contributed by atoms with Crippen molar-refractivity contribution >= 4 is 22.9 Å². The number of hydrogen-bond acceptors (Lipinski definition) is 4. The number of pyridine rings is 1. The number of ether oxygens (including phenoxy) is 1. The van der Waals surface area contributed by atoms with Gasteiger partial charge in [-0.25, -0.2) is 4.79 Å². The van der Waals surface area contributed by atoms with E-state index >= 15 is 0 Å². The molecule has 2 amide bonds. The molecule has 2 heterocycles. The van der Waals surface area contributed by atoms with E-state index in [1.54, 1.807) is 6.92 Å². The lowest BCUT2D eigenvalue weighted by molar-refractivity contribution is -0.127. The third-order valence-electron chi connectivity index (χ3n) is 8.32. The van der Waals surface area contributed by atoms with Crippen LogP contribution in [0.25, 0.3) is 10.9 Å². The van der Waals surface area contributed by atoms with Gasteiger partial charge in [-0.2, -0.15) is 0 Å². The molecule has 0 aliphatic heterocycles. The maximum absolute atomic E-state index is 14.0. The number of amides is 2. The van der Waals surface area contributed by atoms with E-state index in [0.29, 0.717) is 13.0 Å². The second-order valence-corrected chi connectivity index (χ2v) is 11.2. The van der Waals surface area contributed by atoms with Gasteiger partial charge in [0.15, 0.2) is 0 Å². The molecule has 4 aromatic rings. The second kappa shape index (κ2) is 11.9. The normalized spacial score (nSPS) is 16.1. The summed E-state index contributed by atoms with van der Waals surface area (Å²) in [5.74, 6) is -0.244. The fourth-order valence-electron chi connectivity index (χ4n) is 5.89. The van der Waals surface area contributed by atoms with Crippen molar-refractivity contribution in [2.45, 2.75) is 69.9 Å². The fraction of sp³-hybridized carbons (Fsp3) is 0.364. The Morgan fingerprint density at radius 1 is 0.975 bits per heavy atom. The average molecular weight is 539 g/mol. The molecule has 1 fully saturated rings. The molecular weight excluding hydrogens is 500 g/mol. The van der Waals surface area contributed by atoms with E-state index in [-0.39, 0.29) is 17.9 Å². The van der Waals surface area contributed by atoms with Crippen molar-refractivity contribution in [3.8, 4) is 0 Å². The molecule has 1 aliphatic carbocycles. The number of aromatic amines is 1. The highest BCUT2D eigenvalue weighted by Crippen LogP contribution is 2.38. The van der Waals surface area contributed by atoms with E-state index in [2.05, 4.69) is 26.7 Å². The molecule has 40 heavy (non-hydrogen) atoms. The number of rotatable bonds is 9. The molecule has 0 bridgehead atoms. The smallest absolute Gasteiger partial charge is 0.408 e. The highest BCUT2D eigenvalue weighted by Gasteiger charge is 2.40. The SMILES string of the molecule is Cc1ccccc1COC(=O)N[C@@](C)(Cc1c[nH]c2ccccc12)C(=O)NCC1(c2ccccn2)CCCCC1. The zero-order chi connectivity index (χ0) is 28.0. The van der Waals surface area contributed by atoms with Crippen molar-refractivity contribution in [2.75, 3.05) is 6.54 Å². The van der Waals surface area contributed by atoms with E-state index in [1.807, 2.05) is 80.0 Å². The predicted molar refractivity (Wildman–Crippen MR) is 157 cm³/mol. The molecule has 0 saturated heterocycles. The number of nitrogens with zero attached hydrogens (tertiary/aromatic N) is 1. The summed E-state index contributed by atoms with van der Waals surface area (Å²) in [5.41, 5.74) is 3.45. The monoisotopic (exact) mass is 538 g/mol. The molecule has 5 rings (SSSR count). The Morgan fingerprint density at radius 2 is 1.73 bits per heavy atom. The predicted octanol–water partition coefficient (Wildman–Crippen LogP) is 6.12. The highest BCUT2D eigenvalue weighted by molar-refractivity contribution is 5.91. The van der Waals surface area contributed by atoms with Crippen LogP contribution in [0.5, 0.6) is 0 Å². The molecule has 0 unspecified atom stereocenters. The molecule has 0 radical (unpaired) electrons. The van der Waals surface area contributed by atoms with Gasteiger partial charge in [-0.1, -0.05) is 67.8 Å². The van der Waals surface area contributed by atoms with Crippen molar-refractivity contribution in [2.24, 2.45) is 0 Å². The molecule has 208 valence electrons. The number of nitrogens with one attached hydrogen (secondary N) is 3. The summed E-state index contributed by atoms with van der Waals surface area (Å²) in [6, 6.07) is 21.7. The minimum atomic E-state index is -1.24. The van der Waals surface area contributed by atoms with Gasteiger partial charge in [0, 0.05) is 47.4 Å². The lowest BCUT2D eigenvalue weighted by atomic mass is 9.71. The molecule has 7 heteroatoms. The van der Waals surface area contributed by atoms with Crippen LogP contribution in [0.15, 0.2) is 79.1 Å². The summed E-state index contributed by atoms with van der Waals surface area (Å²) in [6.07, 6.45) is 8.73. The first kappa shape index (κ1) is 27.4. The standard InChI is InChI=1S/C33H38N4O3/c1-24-12-4-5-13-25(24)22-40-31(39)37-32(2,20-26-21-35-28-15-7-6-14-27(26)28)30(38)36-23-33(17-9-3-10-18-33)29-16-8-11-19-34-29/h4-8,11-16,19,21,35H,3,9-10,17-18,20,22-23H2,1-2H3,(H,36,38)(H,37,39)/t32-/m0/s1. The maximum Gasteiger partial charge on any atom is 0.408 e. The van der Waals surface area contributed by atoms with Gasteiger partial charge in [0.1, 0.15) is 12.1 Å². The number of aromatic nitrogens is 2. The van der Waals surface area contributed by atoms with E-state index in [1.165, 1.54) is 6.42 Å². The Hall–Kier alpha value is -4.13. The van der Waals surface area contributed by atoms with Crippen LogP contribution in [0.1, 0.15) is 61.4 Å². The van der Waals surface area contributed by atoms with Gasteiger partial charge in [0.05, 0.1) is 0 Å². The molecule has 1 saturated carbocycles. The fourth-order valence-corrected chi connectivity index (χ4v) is 5.89. The van der Waals surface area contributed by atoms with Gasteiger partial charge in [-0.15, -0.1) is 0 Å². The number of para-hydroxylation sites is 1. The van der Waals surface area contributed by atoms with Gasteiger partial charge in [-0.3, -0.25) is 9.78 Å². The number of aryl methyl sites for hydroxylation is 1. The van der Waals surface area contributed by atoms with Crippen LogP contribution >= 0.6 is 0 Å². The zero-order valence-corrected chi connectivity index (χ0v) is 23.3. The summed E-state index contributed by atoms with van der Waals surface area (Å²) in [5, 5.41) is 7.17. The van der Waals surface area contributed by atoms with Crippen LogP contribution in [-0.2, 0) is 28.0 Å². The van der Waals surface area contributed by atoms with Crippen LogP contribution in [0, 0.1) is 6.92 Å². The van der Waals surface area contributed by atoms with Crippen molar-refractivity contribution in [3.63, 3.8) is 0 Å². The van der Waals surface area contributed by atoms with E-state index in [0.717, 1.165) is 59.0 Å². The Bertz CT molecular complexity index is 1460. The number of hydrogen-bond donors (Lipinski definition) is 3. The average Bonchev–Trinajstić information content (AvgIpc) is 3.38. The number of benzene rings is 2. The first-order chi connectivity index (χ1) is 19.4. The Kier molecular flexibility index (Phi) is 8.19. The van der Waals surface area contributed by atoms with Gasteiger partial charge in [-0.05, 0) is 61.6 Å². The van der Waals surface area contributed by atoms with Crippen molar-refractivity contribution < 1.29 is 14.3 Å². The molecule has 2 aromatic heterocycles. The third kappa shape index (κ3) is 6.03. The van der Waals surface area contributed by atoms with Crippen molar-refractivity contribution in [1.29, 1.82) is 0 Å². The highest BCUT2D eigenvalue weighted by atomic mass is 16.5. The molecule has 3 N–H and O–H groups in total. The van der Waals surface area contributed by atoms with E-state index < -0.39 is 11.6 Å². The molecule has 1 aliphatic rings. The Morgan fingerprint density at radius 3 is 2.50 bits per heavy atom. The van der Waals surface area contributed by atoms with Crippen molar-refractivity contribution in [1.82, 2.24) is 20.6 Å². The first-order valence-corrected chi connectivity index (χ1v) is 14.1. The number of alkyl carbamates (subject to hydrolysis) is 1. The number of carbonyl (C=O) groups excluding carboxylic acids is 2. The summed E-state index contributed by atoms with van der Waals surface area (Å²) in [4.78, 5) is 35.1. The Labute approximate surface area is 235 Å². The van der Waals surface area contributed by atoms with Crippen molar-refractivity contribution in [3.05, 3.63) is 102 Å². The zero-order valence-electron chi connectivity index (χ0n) is 23.3. The van der Waals surface area contributed by atoms with Crippen LogP contribution in [0.3, 0.4) is 0 Å². The van der Waals surface area contributed by atoms with Crippen LogP contribution in [0.2, 0.25) is 0 Å². The van der Waals surface area contributed by atoms with Gasteiger partial charge < -0.3 is 20.4 Å². The van der Waals surface area contributed by atoms with Gasteiger partial charge in [0.25, 0.3) is 0 Å². The number of fused-ring (bicyclic) bond motifs is 1. The second-order valence-electron chi connectivity index (χ2n) is 11.2. The third-order valence-corrected chi connectivity index (χ3v) is 8.32. The lowest BCUT2D eigenvalue weighted by Crippen LogP contribution is -2.59. The van der Waals surface area contributed by atoms with Gasteiger partial charge in [0.2, 0.25) is 5.91 Å². The van der Waals surface area contributed by atoms with Crippen LogP contribution < -0.4 is 10.6 Å². The first-order valence-electron chi connectivity index (χ1n) is 14.1. The summed E-state index contributed by atoms with van der Waals surface area (Å²) in [6.45, 7) is 4.35. The maximum atomic E-state index is 14.0. The molecular formula is C33H38N4O3. The lowest BCUT2D eigenvalue weighted by Gasteiger charge is -2.38. The minimum absolute atomic E-state index is 0.131. The summed E-state index contributed by atoms with van der Waals surface area (Å²) in [7, 11) is 0. The van der Waals surface area contributed by atoms with E-state index in [4.69, 9.17) is 4.74 Å². The van der Waals surface area contributed by atoms with Crippen LogP contribution in [-0.4, -0.2) is 34.1 Å². The van der Waals surface area contributed by atoms with Gasteiger partial charge >= 0.3 is 6.09 Å². The largest absolute Gasteiger partial charge is 0.445 e. The molecule has 1 atom stereocenters. The number of carbonyl (C=O) groups is 2.